The molecule has 0 radical (unpaired) electrons. The van der Waals surface area contributed by atoms with Crippen LogP contribution in [0, 0.1) is 17.8 Å². The van der Waals surface area contributed by atoms with Gasteiger partial charge in [0, 0.05) is 25.4 Å². The lowest BCUT2D eigenvalue weighted by Gasteiger charge is -2.34. The molecule has 1 aliphatic rings. The molecule has 1 saturated carbocycles. The van der Waals surface area contributed by atoms with Gasteiger partial charge in [-0.05, 0) is 30.6 Å². The SMILES string of the molecule is CC(C)CCNC(=O)CCC(=O)N[C@@H]1CCC[C@H](C)[C@H]1C. The van der Waals surface area contributed by atoms with E-state index in [1.54, 1.807) is 0 Å². The molecule has 3 atom stereocenters. The number of rotatable bonds is 7. The van der Waals surface area contributed by atoms with Gasteiger partial charge in [0.2, 0.25) is 11.8 Å². The van der Waals surface area contributed by atoms with Crippen molar-refractivity contribution in [3.8, 4) is 0 Å². The number of nitrogens with one attached hydrogen (secondary N) is 2. The molecule has 0 spiro atoms. The van der Waals surface area contributed by atoms with E-state index in [9.17, 15) is 9.59 Å². The molecule has 2 amide bonds. The van der Waals surface area contributed by atoms with E-state index in [0.717, 1.165) is 12.8 Å². The van der Waals surface area contributed by atoms with E-state index in [4.69, 9.17) is 0 Å². The standard InChI is InChI=1S/C17H32N2O2/c1-12(2)10-11-18-16(20)8-9-17(21)19-15-7-5-6-13(3)14(15)4/h12-15H,5-11H2,1-4H3,(H,18,20)(H,19,21)/t13-,14+,15+/m0/s1. The maximum atomic E-state index is 12.0. The van der Waals surface area contributed by atoms with Crippen LogP contribution in [-0.4, -0.2) is 24.4 Å². The molecular weight excluding hydrogens is 264 g/mol. The fraction of sp³-hybridized carbons (Fsp3) is 0.882. The predicted molar refractivity (Wildman–Crippen MR) is 85.8 cm³/mol. The quantitative estimate of drug-likeness (QED) is 0.759. The Morgan fingerprint density at radius 3 is 2.43 bits per heavy atom. The van der Waals surface area contributed by atoms with Crippen molar-refractivity contribution in [2.45, 2.75) is 72.3 Å². The van der Waals surface area contributed by atoms with E-state index < -0.39 is 0 Å². The van der Waals surface area contributed by atoms with Crippen molar-refractivity contribution in [1.29, 1.82) is 0 Å². The van der Waals surface area contributed by atoms with Gasteiger partial charge in [-0.2, -0.15) is 0 Å². The first-order valence-electron chi connectivity index (χ1n) is 8.46. The van der Waals surface area contributed by atoms with Crippen LogP contribution in [0.4, 0.5) is 0 Å². The van der Waals surface area contributed by atoms with E-state index in [0.29, 0.717) is 37.1 Å². The first-order chi connectivity index (χ1) is 9.90. The minimum absolute atomic E-state index is 0.0139. The van der Waals surface area contributed by atoms with Crippen LogP contribution in [-0.2, 0) is 9.59 Å². The Labute approximate surface area is 129 Å². The van der Waals surface area contributed by atoms with Gasteiger partial charge in [0.15, 0.2) is 0 Å². The Morgan fingerprint density at radius 2 is 1.76 bits per heavy atom. The lowest BCUT2D eigenvalue weighted by atomic mass is 9.78. The Kier molecular flexibility index (Phi) is 7.76. The summed E-state index contributed by atoms with van der Waals surface area (Å²) in [6, 6.07) is 0.283. The molecule has 0 unspecified atom stereocenters. The summed E-state index contributed by atoms with van der Waals surface area (Å²) >= 11 is 0. The average Bonchev–Trinajstić information content (AvgIpc) is 2.41. The van der Waals surface area contributed by atoms with Crippen molar-refractivity contribution in [1.82, 2.24) is 10.6 Å². The highest BCUT2D eigenvalue weighted by Crippen LogP contribution is 2.29. The van der Waals surface area contributed by atoms with Crippen LogP contribution in [0.5, 0.6) is 0 Å². The molecule has 0 aromatic carbocycles. The third kappa shape index (κ3) is 6.96. The molecule has 122 valence electrons. The smallest absolute Gasteiger partial charge is 0.220 e. The molecule has 0 saturated heterocycles. The third-order valence-electron chi connectivity index (χ3n) is 4.68. The van der Waals surface area contributed by atoms with Gasteiger partial charge in [0.05, 0.1) is 0 Å². The molecule has 1 aliphatic carbocycles. The predicted octanol–water partition coefficient (Wildman–Crippen LogP) is 2.87. The normalized spacial score (nSPS) is 25.7. The molecule has 0 heterocycles. The lowest BCUT2D eigenvalue weighted by molar-refractivity contribution is -0.127. The first-order valence-corrected chi connectivity index (χ1v) is 8.46. The van der Waals surface area contributed by atoms with Crippen molar-refractivity contribution in [3.05, 3.63) is 0 Å². The molecule has 0 aromatic rings. The van der Waals surface area contributed by atoms with Crippen LogP contribution in [0.1, 0.15) is 66.2 Å². The van der Waals surface area contributed by atoms with Gasteiger partial charge in [0.25, 0.3) is 0 Å². The van der Waals surface area contributed by atoms with Crippen LogP contribution in [0.15, 0.2) is 0 Å². The fourth-order valence-corrected chi connectivity index (χ4v) is 2.88. The van der Waals surface area contributed by atoms with Crippen molar-refractivity contribution in [2.24, 2.45) is 17.8 Å². The highest BCUT2D eigenvalue weighted by Gasteiger charge is 2.27. The van der Waals surface area contributed by atoms with E-state index in [-0.39, 0.29) is 17.9 Å². The number of amides is 2. The van der Waals surface area contributed by atoms with E-state index in [2.05, 4.69) is 38.3 Å². The van der Waals surface area contributed by atoms with Gasteiger partial charge in [-0.3, -0.25) is 9.59 Å². The largest absolute Gasteiger partial charge is 0.356 e. The molecule has 0 bridgehead atoms. The highest BCUT2D eigenvalue weighted by molar-refractivity contribution is 5.83. The topological polar surface area (TPSA) is 58.2 Å². The zero-order valence-electron chi connectivity index (χ0n) is 14.1. The van der Waals surface area contributed by atoms with Crippen molar-refractivity contribution in [2.75, 3.05) is 6.54 Å². The summed E-state index contributed by atoms with van der Waals surface area (Å²) < 4.78 is 0. The van der Waals surface area contributed by atoms with Gasteiger partial charge < -0.3 is 10.6 Å². The minimum Gasteiger partial charge on any atom is -0.356 e. The van der Waals surface area contributed by atoms with Gasteiger partial charge in [0.1, 0.15) is 0 Å². The van der Waals surface area contributed by atoms with E-state index >= 15 is 0 Å². The van der Waals surface area contributed by atoms with Crippen LogP contribution in [0.3, 0.4) is 0 Å². The Hall–Kier alpha value is -1.06. The monoisotopic (exact) mass is 296 g/mol. The van der Waals surface area contributed by atoms with Gasteiger partial charge in [-0.25, -0.2) is 0 Å². The highest BCUT2D eigenvalue weighted by atomic mass is 16.2. The van der Waals surface area contributed by atoms with E-state index in [1.807, 2.05) is 0 Å². The van der Waals surface area contributed by atoms with Crippen LogP contribution in [0.25, 0.3) is 0 Å². The van der Waals surface area contributed by atoms with Crippen molar-refractivity contribution < 1.29 is 9.59 Å². The second kappa shape index (κ2) is 9.06. The number of hydrogen-bond acceptors (Lipinski definition) is 2. The van der Waals surface area contributed by atoms with Crippen LogP contribution < -0.4 is 10.6 Å². The fourth-order valence-electron chi connectivity index (χ4n) is 2.88. The summed E-state index contributed by atoms with van der Waals surface area (Å²) in [4.78, 5) is 23.6. The number of carbonyl (C=O) groups excluding carboxylic acids is 2. The Morgan fingerprint density at radius 1 is 1.10 bits per heavy atom. The Bertz CT molecular complexity index is 342. The third-order valence-corrected chi connectivity index (χ3v) is 4.68. The average molecular weight is 296 g/mol. The molecular formula is C17H32N2O2. The van der Waals surface area contributed by atoms with Gasteiger partial charge >= 0.3 is 0 Å². The van der Waals surface area contributed by atoms with Crippen LogP contribution >= 0.6 is 0 Å². The summed E-state index contributed by atoms with van der Waals surface area (Å²) in [6.07, 6.45) is 5.08. The maximum absolute atomic E-state index is 12.0. The molecule has 21 heavy (non-hydrogen) atoms. The summed E-state index contributed by atoms with van der Waals surface area (Å²) in [5.41, 5.74) is 0. The summed E-state index contributed by atoms with van der Waals surface area (Å²) in [7, 11) is 0. The number of hydrogen-bond donors (Lipinski definition) is 2. The van der Waals surface area contributed by atoms with Gasteiger partial charge in [-0.1, -0.05) is 40.5 Å². The zero-order valence-corrected chi connectivity index (χ0v) is 14.1. The second-order valence-corrected chi connectivity index (χ2v) is 6.97. The molecule has 2 N–H and O–H groups in total. The zero-order chi connectivity index (χ0) is 15.8. The molecule has 4 heteroatoms. The lowest BCUT2D eigenvalue weighted by Crippen LogP contribution is -2.43. The minimum atomic E-state index is -0.0177. The van der Waals surface area contributed by atoms with Crippen molar-refractivity contribution >= 4 is 11.8 Å². The second-order valence-electron chi connectivity index (χ2n) is 6.97. The number of carbonyl (C=O) groups is 2. The summed E-state index contributed by atoms with van der Waals surface area (Å²) in [5.74, 6) is 1.78. The molecule has 1 rings (SSSR count). The maximum Gasteiger partial charge on any atom is 0.220 e. The summed E-state index contributed by atoms with van der Waals surface area (Å²) in [6.45, 7) is 9.44. The van der Waals surface area contributed by atoms with Gasteiger partial charge in [-0.15, -0.1) is 0 Å². The molecule has 0 aromatic heterocycles. The van der Waals surface area contributed by atoms with Crippen molar-refractivity contribution in [3.63, 3.8) is 0 Å². The first kappa shape index (κ1) is 18.0. The van der Waals surface area contributed by atoms with E-state index in [1.165, 1.54) is 12.8 Å². The molecule has 1 fully saturated rings. The molecule has 4 nitrogen and oxygen atoms in total. The Balaban J connectivity index is 2.20. The van der Waals surface area contributed by atoms with Crippen LogP contribution in [0.2, 0.25) is 0 Å². The summed E-state index contributed by atoms with van der Waals surface area (Å²) in [5, 5.41) is 5.98. The molecule has 0 aliphatic heterocycles.